The van der Waals surface area contributed by atoms with Crippen molar-refractivity contribution in [2.24, 2.45) is 4.99 Å². The summed E-state index contributed by atoms with van der Waals surface area (Å²) < 4.78 is 54.5. The maximum atomic E-state index is 12.9. The van der Waals surface area contributed by atoms with Gasteiger partial charge in [-0.3, -0.25) is 4.79 Å². The number of rotatable bonds is 5. The van der Waals surface area contributed by atoms with Gasteiger partial charge in [0.25, 0.3) is 5.91 Å². The number of halogens is 3. The average molecular weight is 438 g/mol. The van der Waals surface area contributed by atoms with Crippen LogP contribution in [0.5, 0.6) is 17.2 Å². The Kier molecular flexibility index (Phi) is 6.25. The van der Waals surface area contributed by atoms with E-state index in [9.17, 15) is 18.0 Å². The Balaban J connectivity index is 1.91. The molecule has 0 saturated carbocycles. The quantitative estimate of drug-likeness (QED) is 0.690. The van der Waals surface area contributed by atoms with Crippen LogP contribution in [0.4, 0.5) is 18.9 Å². The van der Waals surface area contributed by atoms with Gasteiger partial charge in [0.05, 0.1) is 37.5 Å². The number of carbonyl (C=O) groups is 1. The lowest BCUT2D eigenvalue weighted by Gasteiger charge is -2.12. The van der Waals surface area contributed by atoms with E-state index in [4.69, 9.17) is 14.2 Å². The maximum absolute atomic E-state index is 12.9. The average Bonchev–Trinajstić information content (AvgIpc) is 3.05. The number of hydrogen-bond donors (Lipinski definition) is 1. The molecule has 10 heteroatoms. The van der Waals surface area contributed by atoms with Crippen molar-refractivity contribution in [3.8, 4) is 17.2 Å². The predicted octanol–water partition coefficient (Wildman–Crippen LogP) is 4.62. The van der Waals surface area contributed by atoms with Crippen LogP contribution in [0.15, 0.2) is 46.3 Å². The number of amidine groups is 1. The van der Waals surface area contributed by atoms with Crippen LogP contribution < -0.4 is 19.5 Å². The van der Waals surface area contributed by atoms with Gasteiger partial charge in [0.15, 0.2) is 16.7 Å². The number of nitrogens with zero attached hydrogens (tertiary/aromatic N) is 1. The van der Waals surface area contributed by atoms with Crippen molar-refractivity contribution in [3.05, 3.63) is 52.4 Å². The van der Waals surface area contributed by atoms with Gasteiger partial charge in [0, 0.05) is 11.6 Å². The van der Waals surface area contributed by atoms with Crippen molar-refractivity contribution in [3.63, 3.8) is 0 Å². The summed E-state index contributed by atoms with van der Waals surface area (Å²) in [6.07, 6.45) is -2.90. The molecule has 0 radical (unpaired) electrons. The van der Waals surface area contributed by atoms with E-state index < -0.39 is 17.6 Å². The lowest BCUT2D eigenvalue weighted by Crippen LogP contribution is -2.19. The molecular weight excluding hydrogens is 421 g/mol. The highest BCUT2D eigenvalue weighted by atomic mass is 32.2. The summed E-state index contributed by atoms with van der Waals surface area (Å²) in [6, 6.07) is 7.83. The molecule has 30 heavy (non-hydrogen) atoms. The minimum atomic E-state index is -4.47. The van der Waals surface area contributed by atoms with Gasteiger partial charge in [-0.05, 0) is 42.1 Å². The van der Waals surface area contributed by atoms with Crippen LogP contribution in [0.2, 0.25) is 0 Å². The SMILES string of the molecule is COc1cc(OC)c(OC)cc1/C=C1\SC(=Nc2cccc(C(F)(F)F)c2)NC1=O. The van der Waals surface area contributed by atoms with Crippen LogP contribution >= 0.6 is 11.8 Å². The minimum absolute atomic E-state index is 0.0811. The summed E-state index contributed by atoms with van der Waals surface area (Å²) in [5.74, 6) is 0.942. The van der Waals surface area contributed by atoms with E-state index in [0.717, 1.165) is 23.9 Å². The van der Waals surface area contributed by atoms with Crippen molar-refractivity contribution in [1.29, 1.82) is 0 Å². The number of aliphatic imine (C=N–C) groups is 1. The first kappa shape index (κ1) is 21.6. The van der Waals surface area contributed by atoms with E-state index in [1.165, 1.54) is 33.5 Å². The van der Waals surface area contributed by atoms with E-state index in [1.807, 2.05) is 0 Å². The third kappa shape index (κ3) is 4.70. The normalized spacial score (nSPS) is 16.7. The molecule has 1 amide bonds. The van der Waals surface area contributed by atoms with Crippen molar-refractivity contribution >= 4 is 34.6 Å². The Labute approximate surface area is 174 Å². The fourth-order valence-corrected chi connectivity index (χ4v) is 3.49. The minimum Gasteiger partial charge on any atom is -0.496 e. The zero-order valence-electron chi connectivity index (χ0n) is 16.2. The second-order valence-corrected chi connectivity index (χ2v) is 7.01. The van der Waals surface area contributed by atoms with E-state index >= 15 is 0 Å². The van der Waals surface area contributed by atoms with Gasteiger partial charge in [0.2, 0.25) is 0 Å². The molecule has 0 aromatic heterocycles. The fraction of sp³-hybridized carbons (Fsp3) is 0.200. The van der Waals surface area contributed by atoms with Crippen molar-refractivity contribution in [2.75, 3.05) is 21.3 Å². The highest BCUT2D eigenvalue weighted by molar-refractivity contribution is 8.18. The predicted molar refractivity (Wildman–Crippen MR) is 108 cm³/mol. The summed E-state index contributed by atoms with van der Waals surface area (Å²) in [5.41, 5.74) is -0.171. The highest BCUT2D eigenvalue weighted by Gasteiger charge is 2.31. The topological polar surface area (TPSA) is 69.2 Å². The Hall–Kier alpha value is -3.14. The monoisotopic (exact) mass is 438 g/mol. The number of thioether (sulfide) groups is 1. The second-order valence-electron chi connectivity index (χ2n) is 5.98. The molecule has 158 valence electrons. The molecular formula is C20H17F3N2O4S. The van der Waals surface area contributed by atoms with Gasteiger partial charge in [-0.1, -0.05) is 6.07 Å². The maximum Gasteiger partial charge on any atom is 0.416 e. The largest absolute Gasteiger partial charge is 0.496 e. The summed E-state index contributed by atoms with van der Waals surface area (Å²) in [6.45, 7) is 0. The molecule has 2 aromatic rings. The molecule has 1 aliphatic heterocycles. The van der Waals surface area contributed by atoms with Gasteiger partial charge < -0.3 is 19.5 Å². The van der Waals surface area contributed by atoms with Crippen molar-refractivity contribution in [2.45, 2.75) is 6.18 Å². The number of hydrogen-bond acceptors (Lipinski definition) is 6. The molecule has 1 aliphatic rings. The number of carbonyl (C=O) groups excluding carboxylic acids is 1. The Morgan fingerprint density at radius 2 is 1.67 bits per heavy atom. The molecule has 6 nitrogen and oxygen atoms in total. The first-order chi connectivity index (χ1) is 14.2. The Morgan fingerprint density at radius 1 is 1.00 bits per heavy atom. The summed E-state index contributed by atoms with van der Waals surface area (Å²) in [7, 11) is 4.45. The molecule has 3 rings (SSSR count). The third-order valence-electron chi connectivity index (χ3n) is 4.08. The first-order valence-electron chi connectivity index (χ1n) is 8.52. The van der Waals surface area contributed by atoms with Crippen molar-refractivity contribution in [1.82, 2.24) is 5.32 Å². The lowest BCUT2D eigenvalue weighted by atomic mass is 10.1. The van der Waals surface area contributed by atoms with Gasteiger partial charge in [-0.25, -0.2) is 4.99 Å². The van der Waals surface area contributed by atoms with Crippen LogP contribution in [-0.2, 0) is 11.0 Å². The van der Waals surface area contributed by atoms with E-state index in [1.54, 1.807) is 18.2 Å². The molecule has 1 saturated heterocycles. The Bertz CT molecular complexity index is 1040. The number of amides is 1. The molecule has 0 spiro atoms. The van der Waals surface area contributed by atoms with Gasteiger partial charge >= 0.3 is 6.18 Å². The molecule has 0 unspecified atom stereocenters. The zero-order valence-corrected chi connectivity index (χ0v) is 17.0. The molecule has 0 atom stereocenters. The van der Waals surface area contributed by atoms with Crippen LogP contribution in [0, 0.1) is 0 Å². The number of nitrogens with one attached hydrogen (secondary N) is 1. The fourth-order valence-electron chi connectivity index (χ4n) is 2.66. The zero-order chi connectivity index (χ0) is 21.9. The molecule has 0 aliphatic carbocycles. The molecule has 1 N–H and O–H groups in total. The van der Waals surface area contributed by atoms with Crippen molar-refractivity contribution < 1.29 is 32.2 Å². The van der Waals surface area contributed by atoms with Crippen LogP contribution in [0.25, 0.3) is 6.08 Å². The van der Waals surface area contributed by atoms with Gasteiger partial charge in [0.1, 0.15) is 5.75 Å². The molecule has 1 heterocycles. The third-order valence-corrected chi connectivity index (χ3v) is 4.99. The van der Waals surface area contributed by atoms with Crippen LogP contribution in [-0.4, -0.2) is 32.4 Å². The van der Waals surface area contributed by atoms with E-state index in [0.29, 0.717) is 27.7 Å². The van der Waals surface area contributed by atoms with Crippen LogP contribution in [0.1, 0.15) is 11.1 Å². The number of benzene rings is 2. The standard InChI is InChI=1S/C20H17F3N2O4S/c1-27-14-10-16(29-3)15(28-2)7-11(14)8-17-18(26)25-19(30-17)24-13-6-4-5-12(9-13)20(21,22)23/h4-10H,1-3H3,(H,24,25,26)/b17-8-. The van der Waals surface area contributed by atoms with Crippen LogP contribution in [0.3, 0.4) is 0 Å². The number of alkyl halides is 3. The molecule has 1 fully saturated rings. The second kappa shape index (κ2) is 8.70. The first-order valence-corrected chi connectivity index (χ1v) is 9.33. The molecule has 2 aromatic carbocycles. The smallest absolute Gasteiger partial charge is 0.416 e. The Morgan fingerprint density at radius 3 is 2.30 bits per heavy atom. The summed E-state index contributed by atoms with van der Waals surface area (Å²) >= 11 is 1.01. The van der Waals surface area contributed by atoms with Gasteiger partial charge in [-0.2, -0.15) is 13.2 Å². The number of ether oxygens (including phenoxy) is 3. The summed E-state index contributed by atoms with van der Waals surface area (Å²) in [5, 5.41) is 2.72. The summed E-state index contributed by atoms with van der Waals surface area (Å²) in [4.78, 5) is 16.7. The molecule has 0 bridgehead atoms. The lowest BCUT2D eigenvalue weighted by molar-refractivity contribution is -0.137. The number of methoxy groups -OCH3 is 3. The van der Waals surface area contributed by atoms with E-state index in [2.05, 4.69) is 10.3 Å². The van der Waals surface area contributed by atoms with Gasteiger partial charge in [-0.15, -0.1) is 0 Å². The highest BCUT2D eigenvalue weighted by Crippen LogP contribution is 2.38. The van der Waals surface area contributed by atoms with E-state index in [-0.39, 0.29) is 10.9 Å².